The number of halogens is 1. The summed E-state index contributed by atoms with van der Waals surface area (Å²) < 4.78 is -0.0208. The number of hydrogen-bond donors (Lipinski definition) is 1. The van der Waals surface area contributed by atoms with Crippen LogP contribution in [0.5, 0.6) is 0 Å². The number of aliphatic hydroxyl groups excluding tert-OH is 1. The van der Waals surface area contributed by atoms with E-state index in [0.29, 0.717) is 0 Å². The van der Waals surface area contributed by atoms with Crippen LogP contribution >= 0.6 is 15.9 Å². The van der Waals surface area contributed by atoms with Crippen molar-refractivity contribution in [1.29, 1.82) is 0 Å². The second-order valence-corrected chi connectivity index (χ2v) is 1.90. The molecule has 0 spiro atoms. The summed E-state index contributed by atoms with van der Waals surface area (Å²) in [6.45, 7) is 3.38. The van der Waals surface area contributed by atoms with Crippen molar-refractivity contribution in [3.05, 3.63) is 0 Å². The molecule has 44 valence electrons. The molecule has 0 fully saturated rings. The highest BCUT2D eigenvalue weighted by molar-refractivity contribution is 9.18. The zero-order chi connectivity index (χ0) is 6.28. The Kier molecular flexibility index (Phi) is 13.7. The number of rotatable bonds is 0. The van der Waals surface area contributed by atoms with Crippen LogP contribution in [0.2, 0.25) is 0 Å². The molecule has 0 bridgehead atoms. The fraction of sp³-hybridized carbons (Fsp3) is 0.750. The zero-order valence-corrected chi connectivity index (χ0v) is 6.03. The highest BCUT2D eigenvalue weighted by Gasteiger charge is 1.66. The summed E-state index contributed by atoms with van der Waals surface area (Å²) >= 11 is 2.63. The first-order valence-corrected chi connectivity index (χ1v) is 2.71. The van der Waals surface area contributed by atoms with Gasteiger partial charge < -0.3 is 5.11 Å². The van der Waals surface area contributed by atoms with E-state index in [2.05, 4.69) is 15.9 Å². The lowest BCUT2D eigenvalue weighted by Gasteiger charge is -1.52. The van der Waals surface area contributed by atoms with Gasteiger partial charge in [0.1, 0.15) is 0 Å². The maximum atomic E-state index is 9.36. The number of hydrogen-bond acceptors (Lipinski definition) is 2. The van der Waals surface area contributed by atoms with Gasteiger partial charge in [-0.1, -0.05) is 0 Å². The molecule has 0 saturated carbocycles. The first-order chi connectivity index (χ1) is 3.15. The summed E-state index contributed by atoms with van der Waals surface area (Å²) in [6, 6.07) is 0. The largest absolute Gasteiger partial charge is 0.397 e. The van der Waals surface area contributed by atoms with E-state index in [1.54, 1.807) is 6.92 Å². The fourth-order valence-electron chi connectivity index (χ4n) is 0. The third kappa shape index (κ3) is 8530. The maximum absolute atomic E-state index is 9.36. The Labute approximate surface area is 51.7 Å². The van der Waals surface area contributed by atoms with Crippen LogP contribution < -0.4 is 0 Å². The Morgan fingerprint density at radius 3 is 1.86 bits per heavy atom. The Bertz CT molecular complexity index is 41.0. The Morgan fingerprint density at radius 1 is 1.86 bits per heavy atom. The van der Waals surface area contributed by atoms with Crippen molar-refractivity contribution < 1.29 is 9.90 Å². The van der Waals surface area contributed by atoms with Gasteiger partial charge in [0.25, 0.3) is 0 Å². The molecule has 0 saturated heterocycles. The lowest BCUT2D eigenvalue weighted by Crippen LogP contribution is -1.60. The van der Waals surface area contributed by atoms with Crippen LogP contribution in [0.25, 0.3) is 0 Å². The molecule has 3 heteroatoms. The molecule has 0 amide bonds. The van der Waals surface area contributed by atoms with Crippen molar-refractivity contribution in [3.8, 4) is 0 Å². The molecule has 2 nitrogen and oxygen atoms in total. The van der Waals surface area contributed by atoms with Crippen LogP contribution in [0.15, 0.2) is 0 Å². The molecule has 0 aliphatic rings. The molecular weight excluding hydrogens is 160 g/mol. The standard InChI is InChI=1S/C2H3BrO.C2H6O/c1-2(3)4;1-2-3/h1H3;3H,2H2,1H3. The average molecular weight is 169 g/mol. The topological polar surface area (TPSA) is 37.3 Å². The van der Waals surface area contributed by atoms with Gasteiger partial charge in [0.15, 0.2) is 4.69 Å². The number of aliphatic hydroxyl groups is 1. The first kappa shape index (κ1) is 10.2. The highest BCUT2D eigenvalue weighted by Crippen LogP contribution is 1.74. The summed E-state index contributed by atoms with van der Waals surface area (Å²) in [5.74, 6) is 0. The normalized spacial score (nSPS) is 6.29. The summed E-state index contributed by atoms with van der Waals surface area (Å²) in [5, 5.41) is 7.57. The van der Waals surface area contributed by atoms with Gasteiger partial charge in [-0.05, 0) is 22.9 Å². The third-order valence-electron chi connectivity index (χ3n) is 0. The van der Waals surface area contributed by atoms with E-state index in [9.17, 15) is 4.79 Å². The molecule has 0 aliphatic heterocycles. The van der Waals surface area contributed by atoms with Crippen LogP contribution in [0.3, 0.4) is 0 Å². The predicted molar refractivity (Wildman–Crippen MR) is 32.4 cm³/mol. The van der Waals surface area contributed by atoms with E-state index in [4.69, 9.17) is 5.11 Å². The van der Waals surface area contributed by atoms with Crippen LogP contribution in [0, 0.1) is 0 Å². The molecule has 0 aromatic rings. The molecule has 1 N–H and O–H groups in total. The smallest absolute Gasteiger partial charge is 0.194 e. The molecular formula is C4H9BrO2. The molecule has 0 radical (unpaired) electrons. The number of carbonyl (C=O) groups is 1. The average Bonchev–Trinajstić information content (AvgIpc) is 1.33. The molecule has 7 heavy (non-hydrogen) atoms. The molecule has 0 aromatic carbocycles. The summed E-state index contributed by atoms with van der Waals surface area (Å²) in [4.78, 5) is 9.36. The van der Waals surface area contributed by atoms with Crippen molar-refractivity contribution in [2.75, 3.05) is 6.61 Å². The Morgan fingerprint density at radius 2 is 1.86 bits per heavy atom. The van der Waals surface area contributed by atoms with Crippen molar-refractivity contribution in [2.24, 2.45) is 0 Å². The lowest BCUT2D eigenvalue weighted by atomic mass is 10.9. The van der Waals surface area contributed by atoms with E-state index in [-0.39, 0.29) is 11.3 Å². The zero-order valence-electron chi connectivity index (χ0n) is 4.44. The van der Waals surface area contributed by atoms with E-state index < -0.39 is 0 Å². The van der Waals surface area contributed by atoms with E-state index in [0.717, 1.165) is 0 Å². The van der Waals surface area contributed by atoms with Gasteiger partial charge in [-0.3, -0.25) is 4.79 Å². The van der Waals surface area contributed by atoms with Crippen LogP contribution in [0.1, 0.15) is 13.8 Å². The summed E-state index contributed by atoms with van der Waals surface area (Å²) in [7, 11) is 0. The Balaban J connectivity index is 0. The van der Waals surface area contributed by atoms with Gasteiger partial charge in [0.05, 0.1) is 0 Å². The van der Waals surface area contributed by atoms with Gasteiger partial charge in [0.2, 0.25) is 0 Å². The van der Waals surface area contributed by atoms with E-state index in [1.807, 2.05) is 0 Å². The summed E-state index contributed by atoms with van der Waals surface area (Å²) in [6.07, 6.45) is 0. The SMILES string of the molecule is CC(=O)Br.CCO. The van der Waals surface area contributed by atoms with Gasteiger partial charge >= 0.3 is 0 Å². The van der Waals surface area contributed by atoms with Gasteiger partial charge in [-0.15, -0.1) is 0 Å². The fourth-order valence-corrected chi connectivity index (χ4v) is 0. The minimum absolute atomic E-state index is 0.0208. The highest BCUT2D eigenvalue weighted by atomic mass is 79.9. The number of carbonyl (C=O) groups excluding carboxylic acids is 1. The molecule has 0 rings (SSSR count). The summed E-state index contributed by atoms with van der Waals surface area (Å²) in [5.41, 5.74) is 0. The Hall–Kier alpha value is 0.110. The lowest BCUT2D eigenvalue weighted by molar-refractivity contribution is -0.108. The van der Waals surface area contributed by atoms with Crippen LogP contribution in [0.4, 0.5) is 0 Å². The van der Waals surface area contributed by atoms with E-state index in [1.165, 1.54) is 6.92 Å². The van der Waals surface area contributed by atoms with Gasteiger partial charge in [-0.2, -0.15) is 0 Å². The van der Waals surface area contributed by atoms with Gasteiger partial charge in [0, 0.05) is 13.5 Å². The van der Waals surface area contributed by atoms with E-state index >= 15 is 0 Å². The molecule has 0 unspecified atom stereocenters. The molecule has 0 aromatic heterocycles. The van der Waals surface area contributed by atoms with Crippen molar-refractivity contribution in [2.45, 2.75) is 13.8 Å². The second kappa shape index (κ2) is 9.44. The second-order valence-electron chi connectivity index (χ2n) is 0.786. The quantitative estimate of drug-likeness (QED) is 0.547. The van der Waals surface area contributed by atoms with Crippen molar-refractivity contribution in [1.82, 2.24) is 0 Å². The van der Waals surface area contributed by atoms with Gasteiger partial charge in [-0.25, -0.2) is 0 Å². The molecule has 0 aliphatic carbocycles. The monoisotopic (exact) mass is 168 g/mol. The predicted octanol–water partition coefficient (Wildman–Crippen LogP) is 0.926. The van der Waals surface area contributed by atoms with Crippen LogP contribution in [-0.4, -0.2) is 16.4 Å². The van der Waals surface area contributed by atoms with Crippen LogP contribution in [-0.2, 0) is 4.79 Å². The maximum Gasteiger partial charge on any atom is 0.194 e. The third-order valence-corrected chi connectivity index (χ3v) is 0. The van der Waals surface area contributed by atoms with Crippen molar-refractivity contribution >= 4 is 20.6 Å². The minimum Gasteiger partial charge on any atom is -0.397 e. The molecule has 0 heterocycles. The molecule has 0 atom stereocenters. The first-order valence-electron chi connectivity index (χ1n) is 1.92. The van der Waals surface area contributed by atoms with Crippen molar-refractivity contribution in [3.63, 3.8) is 0 Å². The minimum atomic E-state index is -0.0208.